The fourth-order valence-corrected chi connectivity index (χ4v) is 4.19. The highest BCUT2D eigenvalue weighted by atomic mass is 35.5. The smallest absolute Gasteiger partial charge is 0.270 e. The van der Waals surface area contributed by atoms with E-state index in [2.05, 4.69) is 26.8 Å². The molecule has 0 spiro atoms. The number of carbonyl (C=O) groups excluding carboxylic acids is 2. The molecule has 5 rings (SSSR count). The second-order valence-electron chi connectivity index (χ2n) is 10.6. The summed E-state index contributed by atoms with van der Waals surface area (Å²) in [6.07, 6.45) is 2.82. The van der Waals surface area contributed by atoms with Gasteiger partial charge in [-0.1, -0.05) is 32.4 Å². The molecular formula is C25H26ClFN6O3. The zero-order chi connectivity index (χ0) is 25.8. The zero-order valence-corrected chi connectivity index (χ0v) is 20.9. The number of hydrogen-bond acceptors (Lipinski definition) is 6. The maximum atomic E-state index is 13.8. The van der Waals surface area contributed by atoms with E-state index in [1.165, 1.54) is 6.07 Å². The molecule has 188 valence electrons. The summed E-state index contributed by atoms with van der Waals surface area (Å²) >= 11 is 6.08. The van der Waals surface area contributed by atoms with E-state index >= 15 is 0 Å². The lowest BCUT2D eigenvalue weighted by molar-refractivity contribution is -0.123. The van der Waals surface area contributed by atoms with Crippen LogP contribution in [-0.4, -0.2) is 38.2 Å². The van der Waals surface area contributed by atoms with E-state index < -0.39 is 29.2 Å². The van der Waals surface area contributed by atoms with Crippen molar-refractivity contribution in [1.29, 1.82) is 5.26 Å². The third-order valence-electron chi connectivity index (χ3n) is 6.41. The highest BCUT2D eigenvalue weighted by Crippen LogP contribution is 2.37. The number of nitrogens with one attached hydrogen (secondary N) is 2. The fourth-order valence-electron chi connectivity index (χ4n) is 3.95. The van der Waals surface area contributed by atoms with Crippen LogP contribution in [0.25, 0.3) is 11.1 Å². The topological polar surface area (TPSA) is 126 Å². The Balaban J connectivity index is 1.44. The Labute approximate surface area is 212 Å². The molecule has 3 aromatic rings. The van der Waals surface area contributed by atoms with Crippen molar-refractivity contribution in [3.8, 4) is 6.07 Å². The van der Waals surface area contributed by atoms with Crippen LogP contribution in [0, 0.1) is 17.1 Å². The van der Waals surface area contributed by atoms with Crippen LogP contribution in [-0.2, 0) is 16.6 Å². The van der Waals surface area contributed by atoms with E-state index in [1.54, 1.807) is 10.7 Å². The molecule has 2 aliphatic rings. The number of hydrogen-bond donors (Lipinski definition) is 2. The molecule has 11 heteroatoms. The maximum Gasteiger partial charge on any atom is 0.270 e. The van der Waals surface area contributed by atoms with Gasteiger partial charge < -0.3 is 15.1 Å². The molecule has 2 N–H and O–H groups in total. The molecular weight excluding hydrogens is 487 g/mol. The Bertz CT molecular complexity index is 1410. The predicted octanol–water partition coefficient (Wildman–Crippen LogP) is 3.96. The summed E-state index contributed by atoms with van der Waals surface area (Å²) < 4.78 is 21.2. The summed E-state index contributed by atoms with van der Waals surface area (Å²) in [7, 11) is 0. The molecule has 2 amide bonds. The molecule has 36 heavy (non-hydrogen) atoms. The van der Waals surface area contributed by atoms with E-state index in [0.717, 1.165) is 24.6 Å². The van der Waals surface area contributed by atoms with Gasteiger partial charge in [-0.2, -0.15) is 10.4 Å². The lowest BCUT2D eigenvalue weighted by Gasteiger charge is -2.19. The Kier molecular flexibility index (Phi) is 5.79. The lowest BCUT2D eigenvalue weighted by Crippen LogP contribution is -2.51. The average molecular weight is 513 g/mol. The van der Waals surface area contributed by atoms with Gasteiger partial charge in [0.2, 0.25) is 5.91 Å². The SMILES string of the molecule is CC(C)(C)c1cc(C(=O)N[C@@H](Cc2nc3cc(F)cc(Cl)c3o2)C(=O)NC2(C#N)CC2)n(C2CC2)n1. The Morgan fingerprint density at radius 2 is 2.06 bits per heavy atom. The van der Waals surface area contributed by atoms with Gasteiger partial charge in [-0.3, -0.25) is 14.3 Å². The minimum atomic E-state index is -1.10. The average Bonchev–Trinajstić information content (AvgIpc) is 3.70. The van der Waals surface area contributed by atoms with Gasteiger partial charge in [0.25, 0.3) is 5.91 Å². The van der Waals surface area contributed by atoms with Crippen molar-refractivity contribution < 1.29 is 18.4 Å². The summed E-state index contributed by atoms with van der Waals surface area (Å²) in [6, 6.07) is 5.21. The molecule has 2 heterocycles. The normalized spacial score (nSPS) is 17.4. The van der Waals surface area contributed by atoms with Crippen molar-refractivity contribution in [2.24, 2.45) is 0 Å². The second kappa shape index (κ2) is 8.59. The highest BCUT2D eigenvalue weighted by molar-refractivity contribution is 6.34. The van der Waals surface area contributed by atoms with E-state index in [9.17, 15) is 19.2 Å². The summed E-state index contributed by atoms with van der Waals surface area (Å²) in [5.41, 5.74) is 0.350. The molecule has 2 aliphatic carbocycles. The molecule has 0 aliphatic heterocycles. The third-order valence-corrected chi connectivity index (χ3v) is 6.69. The van der Waals surface area contributed by atoms with Crippen molar-refractivity contribution in [1.82, 2.24) is 25.4 Å². The third kappa shape index (κ3) is 4.80. The number of fused-ring (bicyclic) bond motifs is 1. The van der Waals surface area contributed by atoms with E-state index in [-0.39, 0.29) is 39.9 Å². The largest absolute Gasteiger partial charge is 0.439 e. The number of rotatable bonds is 7. The van der Waals surface area contributed by atoms with Gasteiger partial charge >= 0.3 is 0 Å². The van der Waals surface area contributed by atoms with Gasteiger partial charge in [-0.25, -0.2) is 9.37 Å². The van der Waals surface area contributed by atoms with Gasteiger partial charge in [-0.15, -0.1) is 0 Å². The van der Waals surface area contributed by atoms with Crippen molar-refractivity contribution in [2.45, 2.75) is 75.9 Å². The number of oxazole rings is 1. The van der Waals surface area contributed by atoms with Crippen molar-refractivity contribution in [3.05, 3.63) is 46.3 Å². The first-order valence-corrected chi connectivity index (χ1v) is 12.2. The molecule has 1 atom stereocenters. The first-order chi connectivity index (χ1) is 17.0. The summed E-state index contributed by atoms with van der Waals surface area (Å²) in [4.78, 5) is 30.9. The minimum Gasteiger partial charge on any atom is -0.439 e. The van der Waals surface area contributed by atoms with Gasteiger partial charge in [0.15, 0.2) is 11.5 Å². The van der Waals surface area contributed by atoms with Crippen molar-refractivity contribution in [2.75, 3.05) is 0 Å². The monoisotopic (exact) mass is 512 g/mol. The number of halogens is 2. The van der Waals surface area contributed by atoms with Gasteiger partial charge in [0.05, 0.1) is 29.2 Å². The van der Waals surface area contributed by atoms with E-state index in [0.29, 0.717) is 18.5 Å². The molecule has 0 saturated heterocycles. The summed E-state index contributed by atoms with van der Waals surface area (Å²) in [5.74, 6) is -1.46. The van der Waals surface area contributed by atoms with Crippen molar-refractivity contribution in [3.63, 3.8) is 0 Å². The quantitative estimate of drug-likeness (QED) is 0.493. The minimum absolute atomic E-state index is 0.0539. The highest BCUT2D eigenvalue weighted by Gasteiger charge is 2.46. The molecule has 0 unspecified atom stereocenters. The molecule has 2 aromatic heterocycles. The lowest BCUT2D eigenvalue weighted by atomic mass is 9.92. The van der Waals surface area contributed by atoms with Crippen LogP contribution >= 0.6 is 11.6 Å². The van der Waals surface area contributed by atoms with Gasteiger partial charge in [0, 0.05) is 11.5 Å². The van der Waals surface area contributed by atoms with Crippen LogP contribution in [0.3, 0.4) is 0 Å². The number of amides is 2. The molecule has 2 fully saturated rings. The summed E-state index contributed by atoms with van der Waals surface area (Å²) in [5, 5.41) is 19.7. The number of benzene rings is 1. The molecule has 0 radical (unpaired) electrons. The number of aromatic nitrogens is 3. The Morgan fingerprint density at radius 1 is 1.33 bits per heavy atom. The van der Waals surface area contributed by atoms with Crippen LogP contribution in [0.5, 0.6) is 0 Å². The Morgan fingerprint density at radius 3 is 2.67 bits per heavy atom. The van der Waals surface area contributed by atoms with Crippen LogP contribution in [0.15, 0.2) is 22.6 Å². The first-order valence-electron chi connectivity index (χ1n) is 11.9. The number of carbonyl (C=O) groups is 2. The molecule has 2 saturated carbocycles. The first kappa shape index (κ1) is 24.3. The predicted molar refractivity (Wildman–Crippen MR) is 129 cm³/mol. The van der Waals surface area contributed by atoms with E-state index in [4.69, 9.17) is 16.0 Å². The Hall–Kier alpha value is -3.45. The van der Waals surface area contributed by atoms with Crippen LogP contribution < -0.4 is 10.6 Å². The zero-order valence-electron chi connectivity index (χ0n) is 20.2. The second-order valence-corrected chi connectivity index (χ2v) is 11.0. The fraction of sp³-hybridized carbons (Fsp3) is 0.480. The standard InChI is InChI=1S/C25H26ClFN6O3/c1-24(2,3)19-11-18(33(32-19)14-4-5-14)23(35)30-17(22(34)31-25(12-28)6-7-25)10-20-29-16-9-13(27)8-15(26)21(16)36-20/h8-9,11,14,17H,4-7,10H2,1-3H3,(H,30,35)(H,31,34)/t17-/m0/s1. The maximum absolute atomic E-state index is 13.8. The van der Waals surface area contributed by atoms with Crippen molar-refractivity contribution >= 4 is 34.5 Å². The summed E-state index contributed by atoms with van der Waals surface area (Å²) in [6.45, 7) is 6.05. The van der Waals surface area contributed by atoms with Crippen LogP contribution in [0.1, 0.15) is 74.6 Å². The molecule has 0 bridgehead atoms. The number of nitrogens with zero attached hydrogens (tertiary/aromatic N) is 4. The van der Waals surface area contributed by atoms with E-state index in [1.807, 2.05) is 20.8 Å². The van der Waals surface area contributed by atoms with Gasteiger partial charge in [-0.05, 0) is 37.8 Å². The number of nitriles is 1. The molecule has 1 aromatic carbocycles. The molecule has 9 nitrogen and oxygen atoms in total. The van der Waals surface area contributed by atoms with Crippen LogP contribution in [0.2, 0.25) is 5.02 Å². The van der Waals surface area contributed by atoms with Crippen LogP contribution in [0.4, 0.5) is 4.39 Å². The van der Waals surface area contributed by atoms with Gasteiger partial charge in [0.1, 0.15) is 28.6 Å².